The molecule has 1 aromatic carbocycles. The van der Waals surface area contributed by atoms with Crippen molar-refractivity contribution in [2.24, 2.45) is 17.9 Å². The normalized spacial score (nSPS) is 17.9. The van der Waals surface area contributed by atoms with E-state index < -0.39 is 11.9 Å². The summed E-state index contributed by atoms with van der Waals surface area (Å²) >= 11 is 0. The number of nitrogens with one attached hydrogen (secondary N) is 1. The van der Waals surface area contributed by atoms with E-state index in [9.17, 15) is 9.59 Å². The molecule has 9 heteroatoms. The van der Waals surface area contributed by atoms with Crippen LogP contribution in [0.2, 0.25) is 0 Å². The minimum atomic E-state index is -0.687. The zero-order chi connectivity index (χ0) is 18.0. The van der Waals surface area contributed by atoms with Crippen molar-refractivity contribution in [2.45, 2.75) is 25.4 Å². The van der Waals surface area contributed by atoms with Gasteiger partial charge < -0.3 is 15.6 Å². The Hall–Kier alpha value is -3.23. The van der Waals surface area contributed by atoms with E-state index in [-0.39, 0.29) is 24.1 Å². The van der Waals surface area contributed by atoms with Crippen LogP contribution in [-0.4, -0.2) is 38.3 Å². The van der Waals surface area contributed by atoms with Crippen molar-refractivity contribution in [1.82, 2.24) is 20.1 Å². The highest BCUT2D eigenvalue weighted by molar-refractivity contribution is 6.40. The van der Waals surface area contributed by atoms with Crippen LogP contribution < -0.4 is 16.1 Å². The number of para-hydroxylation sites is 1. The van der Waals surface area contributed by atoms with E-state index >= 15 is 0 Å². The van der Waals surface area contributed by atoms with Crippen LogP contribution in [0.3, 0.4) is 0 Å². The number of anilines is 1. The molecule has 2 unspecified atom stereocenters. The van der Waals surface area contributed by atoms with Crippen LogP contribution in [0.4, 0.5) is 5.69 Å². The average molecular weight is 341 g/mol. The summed E-state index contributed by atoms with van der Waals surface area (Å²) in [5.74, 6) is -0.268. The van der Waals surface area contributed by atoms with E-state index in [1.807, 2.05) is 30.3 Å². The second kappa shape index (κ2) is 6.71. The smallest absolute Gasteiger partial charge is 0.268 e. The van der Waals surface area contributed by atoms with Crippen LogP contribution in [0.1, 0.15) is 25.2 Å². The van der Waals surface area contributed by atoms with Crippen molar-refractivity contribution in [1.29, 1.82) is 0 Å². The van der Waals surface area contributed by atoms with Gasteiger partial charge in [0.05, 0.1) is 11.7 Å². The second-order valence-corrected chi connectivity index (χ2v) is 5.84. The van der Waals surface area contributed by atoms with Gasteiger partial charge in [-0.05, 0) is 19.1 Å². The molecule has 0 radical (unpaired) electrons. The Labute approximate surface area is 144 Å². The molecular weight excluding hydrogens is 322 g/mol. The molecular formula is C16H19N7O2. The zero-order valence-electron chi connectivity index (χ0n) is 14.0. The summed E-state index contributed by atoms with van der Waals surface area (Å²) in [5, 5.41) is 16.4. The number of nitrogens with zero attached hydrogens (tertiary/aromatic N) is 5. The summed E-state index contributed by atoms with van der Waals surface area (Å²) in [6.07, 6.45) is 1.72. The third kappa shape index (κ3) is 3.35. The lowest BCUT2D eigenvalue weighted by Crippen LogP contribution is -2.40. The maximum absolute atomic E-state index is 12.5. The van der Waals surface area contributed by atoms with E-state index in [1.54, 1.807) is 24.9 Å². The molecule has 9 nitrogen and oxygen atoms in total. The monoisotopic (exact) mass is 341 g/mol. The molecule has 1 aliphatic rings. The molecule has 2 aromatic rings. The number of amides is 2. The molecule has 0 bridgehead atoms. The average Bonchev–Trinajstić information content (AvgIpc) is 3.22. The third-order valence-corrected chi connectivity index (χ3v) is 4.00. The summed E-state index contributed by atoms with van der Waals surface area (Å²) < 4.78 is 1.73. The number of nitrogens with two attached hydrogens (primary N) is 1. The minimum absolute atomic E-state index is 0.154. The highest BCUT2D eigenvalue weighted by Crippen LogP contribution is 2.24. The molecule has 0 saturated heterocycles. The number of carbonyl (C=O) groups is 2. The first-order valence-electron chi connectivity index (χ1n) is 7.83. The van der Waals surface area contributed by atoms with Crippen molar-refractivity contribution in [3.8, 4) is 0 Å². The highest BCUT2D eigenvalue weighted by atomic mass is 16.2. The van der Waals surface area contributed by atoms with Crippen molar-refractivity contribution in [3.05, 3.63) is 42.5 Å². The van der Waals surface area contributed by atoms with Gasteiger partial charge in [0.2, 0.25) is 5.91 Å². The van der Waals surface area contributed by atoms with Crippen LogP contribution >= 0.6 is 0 Å². The molecule has 0 spiro atoms. The van der Waals surface area contributed by atoms with Gasteiger partial charge in [-0.25, -0.2) is 0 Å². The number of hydrogen-bond donors (Lipinski definition) is 2. The van der Waals surface area contributed by atoms with Gasteiger partial charge >= 0.3 is 0 Å². The van der Waals surface area contributed by atoms with Crippen LogP contribution in [0, 0.1) is 0 Å². The zero-order valence-corrected chi connectivity index (χ0v) is 14.0. The number of primary amides is 1. The fourth-order valence-electron chi connectivity index (χ4n) is 2.72. The maximum atomic E-state index is 12.5. The molecule has 0 aliphatic carbocycles. The summed E-state index contributed by atoms with van der Waals surface area (Å²) in [7, 11) is 1.80. The predicted molar refractivity (Wildman–Crippen MR) is 91.5 cm³/mol. The Bertz CT molecular complexity index is 815. The van der Waals surface area contributed by atoms with Gasteiger partial charge in [-0.15, -0.1) is 10.2 Å². The Kier molecular flexibility index (Phi) is 4.46. The molecule has 2 heterocycles. The number of aryl methyl sites for hydroxylation is 1. The molecule has 1 aromatic heterocycles. The quantitative estimate of drug-likeness (QED) is 0.800. The Morgan fingerprint density at radius 2 is 2.04 bits per heavy atom. The fraction of sp³-hybridized carbons (Fsp3) is 0.312. The first kappa shape index (κ1) is 16.6. The first-order chi connectivity index (χ1) is 12.0. The Balaban J connectivity index is 1.78. The topological polar surface area (TPSA) is 118 Å². The van der Waals surface area contributed by atoms with Gasteiger partial charge in [-0.3, -0.25) is 14.6 Å². The first-order valence-corrected chi connectivity index (χ1v) is 7.83. The number of hydrogen-bond acceptors (Lipinski definition) is 6. The van der Waals surface area contributed by atoms with Gasteiger partial charge in [0.15, 0.2) is 5.82 Å². The molecule has 2 atom stereocenters. The molecule has 130 valence electrons. The van der Waals surface area contributed by atoms with Crippen LogP contribution in [0.25, 0.3) is 0 Å². The molecule has 3 rings (SSSR count). The molecule has 2 amide bonds. The lowest BCUT2D eigenvalue weighted by molar-refractivity contribution is -0.119. The van der Waals surface area contributed by atoms with E-state index in [0.717, 1.165) is 0 Å². The number of benzene rings is 1. The van der Waals surface area contributed by atoms with E-state index in [0.29, 0.717) is 11.5 Å². The Morgan fingerprint density at radius 3 is 2.64 bits per heavy atom. The summed E-state index contributed by atoms with van der Waals surface area (Å²) in [5.41, 5.74) is 6.43. The minimum Gasteiger partial charge on any atom is -0.368 e. The molecule has 3 N–H and O–H groups in total. The largest absolute Gasteiger partial charge is 0.368 e. The van der Waals surface area contributed by atoms with Gasteiger partial charge in [0.25, 0.3) is 5.91 Å². The number of hydrazone groups is 1. The van der Waals surface area contributed by atoms with Crippen LogP contribution in [0.5, 0.6) is 0 Å². The van der Waals surface area contributed by atoms with Crippen molar-refractivity contribution < 1.29 is 9.59 Å². The SMILES string of the molecule is CC(NC(=O)C1=NN(c2ccccc2)C(C(N)=O)C1)c1nncn1C. The number of rotatable bonds is 5. The van der Waals surface area contributed by atoms with Crippen LogP contribution in [-0.2, 0) is 16.6 Å². The predicted octanol–water partition coefficient (Wildman–Crippen LogP) is 0.113. The Morgan fingerprint density at radius 1 is 1.32 bits per heavy atom. The van der Waals surface area contributed by atoms with Gasteiger partial charge in [0.1, 0.15) is 18.1 Å². The fourth-order valence-corrected chi connectivity index (χ4v) is 2.72. The van der Waals surface area contributed by atoms with E-state index in [2.05, 4.69) is 20.6 Å². The van der Waals surface area contributed by atoms with Crippen molar-refractivity contribution in [2.75, 3.05) is 5.01 Å². The van der Waals surface area contributed by atoms with E-state index in [1.165, 1.54) is 5.01 Å². The summed E-state index contributed by atoms with van der Waals surface area (Å²) in [4.78, 5) is 24.3. The lowest BCUT2D eigenvalue weighted by atomic mass is 10.1. The standard InChI is InChI=1S/C16H19N7O2/c1-10(15-20-18-9-22(15)2)19-16(25)12-8-13(14(17)24)23(21-12)11-6-4-3-5-7-11/h3-7,9-10,13H,8H2,1-2H3,(H2,17,24)(H,19,25). The molecule has 0 saturated carbocycles. The highest BCUT2D eigenvalue weighted by Gasteiger charge is 2.35. The lowest BCUT2D eigenvalue weighted by Gasteiger charge is -2.20. The van der Waals surface area contributed by atoms with E-state index in [4.69, 9.17) is 5.73 Å². The molecule has 25 heavy (non-hydrogen) atoms. The van der Waals surface area contributed by atoms with Crippen molar-refractivity contribution in [3.63, 3.8) is 0 Å². The summed E-state index contributed by atoms with van der Waals surface area (Å²) in [6.45, 7) is 1.80. The maximum Gasteiger partial charge on any atom is 0.268 e. The van der Waals surface area contributed by atoms with Gasteiger partial charge in [-0.1, -0.05) is 18.2 Å². The molecule has 0 fully saturated rings. The third-order valence-electron chi connectivity index (χ3n) is 4.00. The number of aromatic nitrogens is 3. The molecule has 1 aliphatic heterocycles. The van der Waals surface area contributed by atoms with Crippen molar-refractivity contribution >= 4 is 23.2 Å². The second-order valence-electron chi connectivity index (χ2n) is 5.84. The van der Waals surface area contributed by atoms with Gasteiger partial charge in [0, 0.05) is 13.5 Å². The summed E-state index contributed by atoms with van der Waals surface area (Å²) in [6, 6.07) is 8.10. The number of carbonyl (C=O) groups excluding carboxylic acids is 2. The van der Waals surface area contributed by atoms with Gasteiger partial charge in [-0.2, -0.15) is 5.10 Å². The van der Waals surface area contributed by atoms with Crippen LogP contribution in [0.15, 0.2) is 41.8 Å².